The van der Waals surface area contributed by atoms with Gasteiger partial charge in [-0.05, 0) is 24.1 Å². The summed E-state index contributed by atoms with van der Waals surface area (Å²) in [6.07, 6.45) is 4.98. The van der Waals surface area contributed by atoms with Crippen LogP contribution in [0.25, 0.3) is 0 Å². The van der Waals surface area contributed by atoms with Gasteiger partial charge < -0.3 is 20.9 Å². The van der Waals surface area contributed by atoms with Crippen LogP contribution in [0, 0.1) is 0 Å². The van der Waals surface area contributed by atoms with Crippen molar-refractivity contribution in [1.29, 1.82) is 0 Å². The molecule has 1 amide bonds. The van der Waals surface area contributed by atoms with Crippen molar-refractivity contribution in [2.75, 3.05) is 38.1 Å². The molecule has 0 saturated carbocycles. The van der Waals surface area contributed by atoms with Crippen molar-refractivity contribution < 1.29 is 4.79 Å². The number of unbranched alkanes of at least 4 members (excludes halogenated alkanes) is 3. The fraction of sp³-hybridized carbons (Fsp3) is 0.579. The van der Waals surface area contributed by atoms with Gasteiger partial charge in [-0.3, -0.25) is 9.79 Å². The minimum Gasteiger partial charge on any atom is -0.360 e. The highest BCUT2D eigenvalue weighted by molar-refractivity contribution is 5.82. The number of rotatable bonds is 8. The molecule has 1 saturated heterocycles. The molecule has 0 aromatic heterocycles. The average Bonchev–Trinajstić information content (AvgIpc) is 2.64. The van der Waals surface area contributed by atoms with Gasteiger partial charge in [0, 0.05) is 38.9 Å². The topological polar surface area (TPSA) is 68.8 Å². The van der Waals surface area contributed by atoms with Crippen LogP contribution in [-0.4, -0.2) is 45.1 Å². The van der Waals surface area contributed by atoms with Crippen molar-refractivity contribution in [3.63, 3.8) is 0 Å². The number of hydrogen-bond donors (Lipinski definition) is 3. The fourth-order valence-electron chi connectivity index (χ4n) is 2.85. The molecule has 1 aromatic carbocycles. The molecule has 1 aliphatic heterocycles. The molecule has 0 spiro atoms. The first-order valence-electron chi connectivity index (χ1n) is 9.28. The number of amides is 1. The fourth-order valence-corrected chi connectivity index (χ4v) is 2.85. The number of carbonyl (C=O) groups excluding carboxylic acids is 1. The van der Waals surface area contributed by atoms with Crippen molar-refractivity contribution in [1.82, 2.24) is 16.0 Å². The van der Waals surface area contributed by atoms with E-state index in [9.17, 15) is 4.79 Å². The summed E-state index contributed by atoms with van der Waals surface area (Å²) in [5.41, 5.74) is 2.29. The highest BCUT2D eigenvalue weighted by Gasteiger charge is 2.16. The van der Waals surface area contributed by atoms with Gasteiger partial charge in [0.05, 0.1) is 6.54 Å². The molecule has 0 atom stereocenters. The molecular formula is C19H31N5O. The Morgan fingerprint density at radius 3 is 2.68 bits per heavy atom. The normalized spacial score (nSPS) is 15.0. The van der Waals surface area contributed by atoms with Gasteiger partial charge in [0.1, 0.15) is 0 Å². The van der Waals surface area contributed by atoms with Crippen LogP contribution in [0.15, 0.2) is 29.3 Å². The zero-order valence-corrected chi connectivity index (χ0v) is 15.5. The number of anilines is 1. The second kappa shape index (κ2) is 10.6. The van der Waals surface area contributed by atoms with Crippen LogP contribution in [-0.2, 0) is 11.3 Å². The van der Waals surface area contributed by atoms with E-state index in [1.165, 1.54) is 31.2 Å². The Balaban J connectivity index is 1.75. The summed E-state index contributed by atoms with van der Waals surface area (Å²) in [4.78, 5) is 17.9. The number of guanidine groups is 1. The lowest BCUT2D eigenvalue weighted by Crippen LogP contribution is -2.47. The SMILES string of the molecule is CCCCCCNC(=NC)NCc1ccc(N2CCNC(=O)C2)cc1. The maximum Gasteiger partial charge on any atom is 0.239 e. The summed E-state index contributed by atoms with van der Waals surface area (Å²) < 4.78 is 0. The molecule has 1 aromatic rings. The highest BCUT2D eigenvalue weighted by Crippen LogP contribution is 2.16. The van der Waals surface area contributed by atoms with E-state index in [1.54, 1.807) is 7.05 Å². The van der Waals surface area contributed by atoms with Crippen LogP contribution in [0.1, 0.15) is 38.2 Å². The van der Waals surface area contributed by atoms with Gasteiger partial charge in [-0.15, -0.1) is 0 Å². The van der Waals surface area contributed by atoms with Gasteiger partial charge in [0.15, 0.2) is 5.96 Å². The Morgan fingerprint density at radius 1 is 1.20 bits per heavy atom. The summed E-state index contributed by atoms with van der Waals surface area (Å²) >= 11 is 0. The predicted molar refractivity (Wildman–Crippen MR) is 104 cm³/mol. The van der Waals surface area contributed by atoms with Gasteiger partial charge in [-0.1, -0.05) is 38.3 Å². The van der Waals surface area contributed by atoms with Crippen LogP contribution in [0.2, 0.25) is 0 Å². The van der Waals surface area contributed by atoms with Gasteiger partial charge in [-0.25, -0.2) is 0 Å². The number of nitrogens with zero attached hydrogens (tertiary/aromatic N) is 2. The summed E-state index contributed by atoms with van der Waals surface area (Å²) in [6.45, 7) is 5.91. The van der Waals surface area contributed by atoms with Gasteiger partial charge in [0.2, 0.25) is 5.91 Å². The van der Waals surface area contributed by atoms with E-state index in [-0.39, 0.29) is 5.91 Å². The van der Waals surface area contributed by atoms with Gasteiger partial charge >= 0.3 is 0 Å². The molecule has 0 aliphatic carbocycles. The molecule has 1 aliphatic rings. The molecule has 1 fully saturated rings. The monoisotopic (exact) mass is 345 g/mol. The Kier molecular flexibility index (Phi) is 8.09. The average molecular weight is 345 g/mol. The number of carbonyl (C=O) groups is 1. The van der Waals surface area contributed by atoms with Gasteiger partial charge in [-0.2, -0.15) is 0 Å². The largest absolute Gasteiger partial charge is 0.360 e. The van der Waals surface area contributed by atoms with E-state index in [4.69, 9.17) is 0 Å². The first-order chi connectivity index (χ1) is 12.2. The molecule has 3 N–H and O–H groups in total. The summed E-state index contributed by atoms with van der Waals surface area (Å²) in [5.74, 6) is 0.930. The molecule has 2 rings (SSSR count). The highest BCUT2D eigenvalue weighted by atomic mass is 16.2. The smallest absolute Gasteiger partial charge is 0.239 e. The van der Waals surface area contributed by atoms with Crippen LogP contribution < -0.4 is 20.9 Å². The number of piperazine rings is 1. The first-order valence-corrected chi connectivity index (χ1v) is 9.28. The minimum absolute atomic E-state index is 0.0887. The summed E-state index contributed by atoms with van der Waals surface area (Å²) in [5, 5.41) is 9.55. The third-order valence-electron chi connectivity index (χ3n) is 4.35. The van der Waals surface area contributed by atoms with Crippen LogP contribution >= 0.6 is 0 Å². The van der Waals surface area contributed by atoms with E-state index in [1.807, 2.05) is 0 Å². The molecular weight excluding hydrogens is 314 g/mol. The van der Waals surface area contributed by atoms with Gasteiger partial charge in [0.25, 0.3) is 0 Å². The molecule has 6 nitrogen and oxygen atoms in total. The third-order valence-corrected chi connectivity index (χ3v) is 4.35. The van der Waals surface area contributed by atoms with E-state index in [0.29, 0.717) is 13.1 Å². The molecule has 0 radical (unpaired) electrons. The first kappa shape index (κ1) is 19.1. The Morgan fingerprint density at radius 2 is 2.00 bits per heavy atom. The van der Waals surface area contributed by atoms with E-state index in [2.05, 4.69) is 57.0 Å². The molecule has 0 bridgehead atoms. The Hall–Kier alpha value is -2.24. The van der Waals surface area contributed by atoms with E-state index < -0.39 is 0 Å². The van der Waals surface area contributed by atoms with E-state index >= 15 is 0 Å². The predicted octanol–water partition coefficient (Wildman–Crippen LogP) is 1.87. The van der Waals surface area contributed by atoms with E-state index in [0.717, 1.165) is 31.3 Å². The van der Waals surface area contributed by atoms with Crippen molar-refractivity contribution in [3.05, 3.63) is 29.8 Å². The number of hydrogen-bond acceptors (Lipinski definition) is 3. The maximum atomic E-state index is 11.5. The number of nitrogens with one attached hydrogen (secondary N) is 3. The lowest BCUT2D eigenvalue weighted by atomic mass is 10.2. The zero-order chi connectivity index (χ0) is 17.9. The van der Waals surface area contributed by atoms with Crippen LogP contribution in [0.3, 0.4) is 0 Å². The standard InChI is InChI=1S/C19H31N5O/c1-3-4-5-6-11-22-19(20-2)23-14-16-7-9-17(10-8-16)24-13-12-21-18(25)15-24/h7-10H,3-6,11-15H2,1-2H3,(H,21,25)(H2,20,22,23). The Bertz CT molecular complexity index is 555. The Labute approximate surface area is 151 Å². The van der Waals surface area contributed by atoms with Crippen molar-refractivity contribution in [3.8, 4) is 0 Å². The van der Waals surface area contributed by atoms with Crippen molar-refractivity contribution in [2.24, 2.45) is 4.99 Å². The molecule has 25 heavy (non-hydrogen) atoms. The minimum atomic E-state index is 0.0887. The quantitative estimate of drug-likeness (QED) is 0.382. The lowest BCUT2D eigenvalue weighted by Gasteiger charge is -2.28. The second-order valence-corrected chi connectivity index (χ2v) is 6.35. The third kappa shape index (κ3) is 6.64. The number of aliphatic imine (C=N–C) groups is 1. The summed E-state index contributed by atoms with van der Waals surface area (Å²) in [7, 11) is 1.80. The molecule has 6 heteroatoms. The number of benzene rings is 1. The molecule has 0 unspecified atom stereocenters. The van der Waals surface area contributed by atoms with Crippen LogP contribution in [0.4, 0.5) is 5.69 Å². The van der Waals surface area contributed by atoms with Crippen LogP contribution in [0.5, 0.6) is 0 Å². The lowest BCUT2D eigenvalue weighted by molar-refractivity contribution is -0.120. The van der Waals surface area contributed by atoms with Crippen molar-refractivity contribution in [2.45, 2.75) is 39.2 Å². The van der Waals surface area contributed by atoms with Crippen molar-refractivity contribution >= 4 is 17.6 Å². The zero-order valence-electron chi connectivity index (χ0n) is 15.5. The molecule has 138 valence electrons. The second-order valence-electron chi connectivity index (χ2n) is 6.35. The summed E-state index contributed by atoms with van der Waals surface area (Å²) in [6, 6.07) is 8.36. The molecule has 1 heterocycles. The maximum absolute atomic E-state index is 11.5.